The Bertz CT molecular complexity index is 518. The van der Waals surface area contributed by atoms with Crippen LogP contribution >= 0.6 is 11.6 Å². The van der Waals surface area contributed by atoms with Gasteiger partial charge in [0, 0.05) is 12.1 Å². The number of rotatable bonds is 3. The maximum absolute atomic E-state index is 6.33. The lowest BCUT2D eigenvalue weighted by molar-refractivity contribution is 0.243. The number of fused-ring (bicyclic) bond motifs is 5. The molecule has 5 unspecified atom stereocenters. The summed E-state index contributed by atoms with van der Waals surface area (Å²) in [5.74, 6) is 4.73. The predicted molar refractivity (Wildman–Crippen MR) is 82.5 cm³/mol. The summed E-state index contributed by atoms with van der Waals surface area (Å²) in [6, 6.07) is 6.49. The van der Waals surface area contributed by atoms with E-state index in [1.54, 1.807) is 7.11 Å². The molecule has 0 aliphatic heterocycles. The molecule has 1 aromatic rings. The maximum Gasteiger partial charge on any atom is 0.121 e. The zero-order valence-corrected chi connectivity index (χ0v) is 12.7. The van der Waals surface area contributed by atoms with Crippen LogP contribution in [0.5, 0.6) is 5.75 Å². The SMILES string of the molecule is COc1ccc(Cl)c(NC2CC3CC2C2CCCC32)c1. The highest BCUT2D eigenvalue weighted by Gasteiger charge is 2.53. The zero-order valence-electron chi connectivity index (χ0n) is 11.9. The third-order valence-electron chi connectivity index (χ3n) is 5.94. The molecule has 2 nitrogen and oxygen atoms in total. The molecule has 0 radical (unpaired) electrons. The lowest BCUT2D eigenvalue weighted by Crippen LogP contribution is -2.33. The van der Waals surface area contributed by atoms with E-state index in [1.807, 2.05) is 18.2 Å². The number of ether oxygens (including phenoxy) is 1. The number of hydrogen-bond donors (Lipinski definition) is 1. The smallest absolute Gasteiger partial charge is 0.121 e. The van der Waals surface area contributed by atoms with Crippen LogP contribution in [0.3, 0.4) is 0 Å². The van der Waals surface area contributed by atoms with Crippen LogP contribution in [0.25, 0.3) is 0 Å². The molecule has 1 aromatic carbocycles. The van der Waals surface area contributed by atoms with Gasteiger partial charge in [-0.2, -0.15) is 0 Å². The largest absolute Gasteiger partial charge is 0.497 e. The first-order valence-corrected chi connectivity index (χ1v) is 8.24. The van der Waals surface area contributed by atoms with Crippen LogP contribution < -0.4 is 10.1 Å². The lowest BCUT2D eigenvalue weighted by Gasteiger charge is -2.33. The highest BCUT2D eigenvalue weighted by molar-refractivity contribution is 6.33. The Balaban J connectivity index is 1.53. The van der Waals surface area contributed by atoms with Crippen molar-refractivity contribution in [2.45, 2.75) is 38.1 Å². The number of anilines is 1. The van der Waals surface area contributed by atoms with Gasteiger partial charge in [0.15, 0.2) is 0 Å². The molecule has 4 rings (SSSR count). The second-order valence-electron chi connectivity index (χ2n) is 6.75. The third-order valence-corrected chi connectivity index (χ3v) is 6.27. The zero-order chi connectivity index (χ0) is 13.7. The quantitative estimate of drug-likeness (QED) is 0.880. The summed E-state index contributed by atoms with van der Waals surface area (Å²) in [5, 5.41) is 4.52. The molecule has 1 N–H and O–H groups in total. The first-order valence-electron chi connectivity index (χ1n) is 7.86. The lowest BCUT2D eigenvalue weighted by atomic mass is 9.79. The second-order valence-corrected chi connectivity index (χ2v) is 7.16. The monoisotopic (exact) mass is 291 g/mol. The molecule has 108 valence electrons. The van der Waals surface area contributed by atoms with E-state index < -0.39 is 0 Å². The van der Waals surface area contributed by atoms with E-state index in [-0.39, 0.29) is 0 Å². The van der Waals surface area contributed by atoms with Gasteiger partial charge in [0.05, 0.1) is 17.8 Å². The number of nitrogens with one attached hydrogen (secondary N) is 1. The fourth-order valence-corrected chi connectivity index (χ4v) is 5.35. The van der Waals surface area contributed by atoms with Gasteiger partial charge in [-0.05, 0) is 61.5 Å². The number of methoxy groups -OCH3 is 1. The normalized spacial score (nSPS) is 38.0. The standard InChI is InChI=1S/C17H22ClNO/c1-20-11-5-6-15(18)17(9-11)19-16-8-10-7-14(16)13-4-2-3-12(10)13/h5-6,9-10,12-14,16,19H,2-4,7-8H2,1H3. The summed E-state index contributed by atoms with van der Waals surface area (Å²) in [6.07, 6.45) is 7.16. The molecule has 3 fully saturated rings. The van der Waals surface area contributed by atoms with Crippen molar-refractivity contribution in [3.8, 4) is 5.75 Å². The second kappa shape index (κ2) is 4.84. The number of hydrogen-bond acceptors (Lipinski definition) is 2. The molecule has 2 bridgehead atoms. The molecule has 0 amide bonds. The molecule has 3 saturated carbocycles. The van der Waals surface area contributed by atoms with Crippen LogP contribution in [0.4, 0.5) is 5.69 Å². The molecule has 3 aliphatic carbocycles. The molecule has 3 heteroatoms. The summed E-state index contributed by atoms with van der Waals surface area (Å²) in [7, 11) is 1.70. The maximum atomic E-state index is 6.33. The van der Waals surface area contributed by atoms with Gasteiger partial charge in [-0.1, -0.05) is 18.0 Å². The van der Waals surface area contributed by atoms with E-state index in [1.165, 1.54) is 32.1 Å². The Morgan fingerprint density at radius 1 is 1.15 bits per heavy atom. The summed E-state index contributed by atoms with van der Waals surface area (Å²) in [6.45, 7) is 0. The minimum absolute atomic E-state index is 0.615. The topological polar surface area (TPSA) is 21.3 Å². The van der Waals surface area contributed by atoms with E-state index >= 15 is 0 Å². The first-order chi connectivity index (χ1) is 9.76. The summed E-state index contributed by atoms with van der Waals surface area (Å²) >= 11 is 6.33. The highest BCUT2D eigenvalue weighted by atomic mass is 35.5. The van der Waals surface area contributed by atoms with Crippen molar-refractivity contribution in [2.75, 3.05) is 12.4 Å². The summed E-state index contributed by atoms with van der Waals surface area (Å²) in [5.41, 5.74) is 1.04. The van der Waals surface area contributed by atoms with Crippen molar-refractivity contribution < 1.29 is 4.74 Å². The van der Waals surface area contributed by atoms with Gasteiger partial charge >= 0.3 is 0 Å². The van der Waals surface area contributed by atoms with E-state index in [2.05, 4.69) is 5.32 Å². The van der Waals surface area contributed by atoms with Gasteiger partial charge in [0.25, 0.3) is 0 Å². The van der Waals surface area contributed by atoms with Crippen LogP contribution in [-0.2, 0) is 0 Å². The van der Waals surface area contributed by atoms with Crippen LogP contribution in [0.1, 0.15) is 32.1 Å². The van der Waals surface area contributed by atoms with E-state index in [4.69, 9.17) is 16.3 Å². The molecular formula is C17H22ClNO. The Morgan fingerprint density at radius 3 is 2.85 bits per heavy atom. The van der Waals surface area contributed by atoms with Gasteiger partial charge < -0.3 is 10.1 Å². The van der Waals surface area contributed by atoms with Crippen LogP contribution in [-0.4, -0.2) is 13.2 Å². The minimum Gasteiger partial charge on any atom is -0.497 e. The molecule has 3 aliphatic rings. The molecule has 5 atom stereocenters. The van der Waals surface area contributed by atoms with E-state index in [0.717, 1.165) is 40.1 Å². The minimum atomic E-state index is 0.615. The van der Waals surface area contributed by atoms with Crippen LogP contribution in [0.15, 0.2) is 18.2 Å². The number of benzene rings is 1. The van der Waals surface area contributed by atoms with E-state index in [9.17, 15) is 0 Å². The third kappa shape index (κ3) is 1.92. The van der Waals surface area contributed by atoms with Gasteiger partial charge in [0.2, 0.25) is 0 Å². The molecule has 0 saturated heterocycles. The van der Waals surface area contributed by atoms with Gasteiger partial charge in [-0.25, -0.2) is 0 Å². The van der Waals surface area contributed by atoms with Crippen molar-refractivity contribution in [1.82, 2.24) is 0 Å². The average molecular weight is 292 g/mol. The summed E-state index contributed by atoms with van der Waals surface area (Å²) < 4.78 is 5.31. The van der Waals surface area contributed by atoms with Crippen molar-refractivity contribution in [1.29, 1.82) is 0 Å². The first kappa shape index (κ1) is 12.8. The van der Waals surface area contributed by atoms with Crippen molar-refractivity contribution >= 4 is 17.3 Å². The van der Waals surface area contributed by atoms with Crippen molar-refractivity contribution in [3.63, 3.8) is 0 Å². The van der Waals surface area contributed by atoms with Gasteiger partial charge in [0.1, 0.15) is 5.75 Å². The molecular weight excluding hydrogens is 270 g/mol. The van der Waals surface area contributed by atoms with Gasteiger partial charge in [-0.15, -0.1) is 0 Å². The number of halogens is 1. The van der Waals surface area contributed by atoms with Gasteiger partial charge in [-0.3, -0.25) is 0 Å². The van der Waals surface area contributed by atoms with Crippen molar-refractivity contribution in [3.05, 3.63) is 23.2 Å². The highest BCUT2D eigenvalue weighted by Crippen LogP contribution is 2.59. The van der Waals surface area contributed by atoms with Crippen LogP contribution in [0, 0.1) is 23.7 Å². The molecule has 0 spiro atoms. The van der Waals surface area contributed by atoms with E-state index in [0.29, 0.717) is 6.04 Å². The average Bonchev–Trinajstić information content (AvgIpc) is 3.12. The Kier molecular flexibility index (Phi) is 3.10. The Hall–Kier alpha value is -0.890. The Morgan fingerprint density at radius 2 is 2.00 bits per heavy atom. The Labute approximate surface area is 125 Å². The van der Waals surface area contributed by atoms with Crippen molar-refractivity contribution in [2.24, 2.45) is 23.7 Å². The predicted octanol–water partition coefficient (Wildman–Crippen LogP) is 4.59. The van der Waals surface area contributed by atoms with Crippen LogP contribution in [0.2, 0.25) is 5.02 Å². The fraction of sp³-hybridized carbons (Fsp3) is 0.647. The summed E-state index contributed by atoms with van der Waals surface area (Å²) in [4.78, 5) is 0. The fourth-order valence-electron chi connectivity index (χ4n) is 5.18. The molecule has 0 aromatic heterocycles. The molecule has 0 heterocycles. The molecule has 20 heavy (non-hydrogen) atoms.